The topological polar surface area (TPSA) is 3.24 Å². The Bertz CT molecular complexity index is 1230. The summed E-state index contributed by atoms with van der Waals surface area (Å²) in [7, 11) is 0. The summed E-state index contributed by atoms with van der Waals surface area (Å²) in [4.78, 5) is 2.36. The standard InChI is InChI=1S/C31H39N/c1-20(2)22-14-11-13-17-26(22)32(30(5,6)7)27-19-18-25-29(28(27)21(3)4)23-15-10-12-16-24(23)31(25,8)9/h10-21H,1-9H3/i20D,21D. The molecule has 1 aliphatic rings. The van der Waals surface area contributed by atoms with Gasteiger partial charge in [-0.1, -0.05) is 90.1 Å². The van der Waals surface area contributed by atoms with E-state index in [-0.39, 0.29) is 11.0 Å². The maximum Gasteiger partial charge on any atom is 0.0457 e. The van der Waals surface area contributed by atoms with Crippen LogP contribution in [0, 0.1) is 0 Å². The lowest BCUT2D eigenvalue weighted by Crippen LogP contribution is -2.39. The number of anilines is 2. The van der Waals surface area contributed by atoms with Gasteiger partial charge >= 0.3 is 0 Å². The molecule has 1 aliphatic carbocycles. The summed E-state index contributed by atoms with van der Waals surface area (Å²) in [6.07, 6.45) is 0. The summed E-state index contributed by atoms with van der Waals surface area (Å²) in [6.45, 7) is 19.1. The molecule has 3 aromatic carbocycles. The zero-order chi connectivity index (χ0) is 25.3. The highest BCUT2D eigenvalue weighted by molar-refractivity contribution is 5.89. The highest BCUT2D eigenvalue weighted by Gasteiger charge is 2.39. The lowest BCUT2D eigenvalue weighted by molar-refractivity contribution is 0.555. The molecular weight excluding hydrogens is 386 g/mol. The molecule has 1 nitrogen and oxygen atoms in total. The van der Waals surface area contributed by atoms with Gasteiger partial charge < -0.3 is 4.90 Å². The van der Waals surface area contributed by atoms with E-state index in [2.05, 4.69) is 94.1 Å². The third-order valence-electron chi connectivity index (χ3n) is 6.82. The van der Waals surface area contributed by atoms with Crippen LogP contribution in [0.1, 0.15) is 99.1 Å². The number of para-hydroxylation sites is 1. The molecule has 32 heavy (non-hydrogen) atoms. The van der Waals surface area contributed by atoms with Gasteiger partial charge in [0, 0.05) is 25.1 Å². The molecule has 0 N–H and O–H groups in total. The minimum atomic E-state index is -0.816. The van der Waals surface area contributed by atoms with Gasteiger partial charge in [0.2, 0.25) is 0 Å². The lowest BCUT2D eigenvalue weighted by atomic mass is 9.81. The van der Waals surface area contributed by atoms with E-state index in [1.807, 2.05) is 33.8 Å². The van der Waals surface area contributed by atoms with Crippen LogP contribution in [0.2, 0.25) is 0 Å². The molecule has 1 heteroatoms. The third-order valence-corrected chi connectivity index (χ3v) is 6.82. The van der Waals surface area contributed by atoms with Crippen LogP contribution in [0.15, 0.2) is 60.7 Å². The number of rotatable bonds is 4. The molecule has 0 heterocycles. The fourth-order valence-electron chi connectivity index (χ4n) is 5.42. The maximum atomic E-state index is 9.33. The molecule has 0 radical (unpaired) electrons. The SMILES string of the molecule is [2H]C(C)(C)c1ccccc1N(c1ccc2c(c1C([2H])(C)C)-c1ccccc1C2(C)C)C(C)(C)C. The maximum absolute atomic E-state index is 9.33. The highest BCUT2D eigenvalue weighted by Crippen LogP contribution is 2.54. The van der Waals surface area contributed by atoms with Gasteiger partial charge in [-0.05, 0) is 78.1 Å². The zero-order valence-corrected chi connectivity index (χ0v) is 21.2. The van der Waals surface area contributed by atoms with E-state index in [9.17, 15) is 1.37 Å². The normalized spacial score (nSPS) is 16.2. The molecule has 168 valence electrons. The number of benzene rings is 3. The van der Waals surface area contributed by atoms with Crippen LogP contribution in [0.4, 0.5) is 11.4 Å². The monoisotopic (exact) mass is 427 g/mol. The van der Waals surface area contributed by atoms with Crippen molar-refractivity contribution in [2.45, 2.75) is 85.1 Å². The Morgan fingerprint density at radius 2 is 1.38 bits per heavy atom. The van der Waals surface area contributed by atoms with Crippen molar-refractivity contribution in [2.24, 2.45) is 0 Å². The van der Waals surface area contributed by atoms with E-state index >= 15 is 0 Å². The van der Waals surface area contributed by atoms with Crippen molar-refractivity contribution in [2.75, 3.05) is 4.90 Å². The first-order chi connectivity index (χ1) is 15.6. The first-order valence-corrected chi connectivity index (χ1v) is 11.7. The number of hydrogen-bond donors (Lipinski definition) is 0. The molecule has 0 bridgehead atoms. The summed E-state index contributed by atoms with van der Waals surface area (Å²) in [5.41, 5.74) is 8.80. The molecule has 0 fully saturated rings. The third kappa shape index (κ3) is 3.47. The molecular formula is C31H39N. The quantitative estimate of drug-likeness (QED) is 0.401. The van der Waals surface area contributed by atoms with Crippen molar-refractivity contribution in [1.29, 1.82) is 0 Å². The summed E-state index contributed by atoms with van der Waals surface area (Å²) in [6, 6.07) is 21.4. The van der Waals surface area contributed by atoms with E-state index < -0.39 is 11.8 Å². The van der Waals surface area contributed by atoms with Gasteiger partial charge in [-0.3, -0.25) is 0 Å². The average Bonchev–Trinajstić information content (AvgIpc) is 2.93. The van der Waals surface area contributed by atoms with Gasteiger partial charge in [0.1, 0.15) is 0 Å². The Balaban J connectivity index is 2.13. The largest absolute Gasteiger partial charge is 0.336 e. The predicted octanol–water partition coefficient (Wildman–Crippen LogP) is 9.18. The van der Waals surface area contributed by atoms with E-state index in [0.29, 0.717) is 0 Å². The van der Waals surface area contributed by atoms with Crippen LogP contribution in [-0.2, 0) is 5.41 Å². The predicted molar refractivity (Wildman–Crippen MR) is 141 cm³/mol. The van der Waals surface area contributed by atoms with E-state index in [0.717, 1.165) is 22.5 Å². The van der Waals surface area contributed by atoms with Gasteiger partial charge in [0.25, 0.3) is 0 Å². The molecule has 0 saturated heterocycles. The van der Waals surface area contributed by atoms with E-state index in [4.69, 9.17) is 1.37 Å². The van der Waals surface area contributed by atoms with Gasteiger partial charge in [0.05, 0.1) is 0 Å². The summed E-state index contributed by atoms with van der Waals surface area (Å²) in [5.74, 6) is -1.56. The van der Waals surface area contributed by atoms with Crippen LogP contribution in [0.25, 0.3) is 11.1 Å². The van der Waals surface area contributed by atoms with Crippen molar-refractivity contribution in [3.63, 3.8) is 0 Å². The first-order valence-electron chi connectivity index (χ1n) is 12.7. The Morgan fingerprint density at radius 3 is 2.00 bits per heavy atom. The summed E-state index contributed by atoms with van der Waals surface area (Å²) < 4.78 is 18.2. The molecule has 0 amide bonds. The van der Waals surface area contributed by atoms with Crippen LogP contribution in [0.3, 0.4) is 0 Å². The fourth-order valence-corrected chi connectivity index (χ4v) is 5.42. The van der Waals surface area contributed by atoms with Crippen molar-refractivity contribution in [3.8, 4) is 11.1 Å². The van der Waals surface area contributed by atoms with Gasteiger partial charge in [-0.15, -0.1) is 0 Å². The Labute approximate surface area is 198 Å². The summed E-state index contributed by atoms with van der Waals surface area (Å²) >= 11 is 0. The Morgan fingerprint density at radius 1 is 0.750 bits per heavy atom. The molecule has 0 spiro atoms. The first kappa shape index (κ1) is 20.1. The Hall–Kier alpha value is -2.54. The molecule has 4 rings (SSSR count). The second kappa shape index (κ2) is 7.80. The highest BCUT2D eigenvalue weighted by atomic mass is 15.2. The molecule has 0 atom stereocenters. The van der Waals surface area contributed by atoms with Crippen LogP contribution in [0.5, 0.6) is 0 Å². The summed E-state index contributed by atoms with van der Waals surface area (Å²) in [5, 5.41) is 0. The number of fused-ring (bicyclic) bond motifs is 3. The van der Waals surface area contributed by atoms with Gasteiger partial charge in [-0.2, -0.15) is 0 Å². The lowest BCUT2D eigenvalue weighted by Gasteiger charge is -2.42. The second-order valence-electron chi connectivity index (χ2n) is 11.1. The molecule has 0 saturated carbocycles. The smallest absolute Gasteiger partial charge is 0.0457 e. The van der Waals surface area contributed by atoms with Crippen molar-refractivity contribution < 1.29 is 2.74 Å². The molecule has 0 aromatic heterocycles. The minimum Gasteiger partial charge on any atom is -0.336 e. The number of hydrogen-bond acceptors (Lipinski definition) is 1. The molecule has 0 aliphatic heterocycles. The fraction of sp³-hybridized carbons (Fsp3) is 0.419. The van der Waals surface area contributed by atoms with Crippen molar-refractivity contribution >= 4 is 11.4 Å². The van der Waals surface area contributed by atoms with Crippen LogP contribution in [-0.4, -0.2) is 5.54 Å². The van der Waals surface area contributed by atoms with Crippen molar-refractivity contribution in [1.82, 2.24) is 0 Å². The van der Waals surface area contributed by atoms with E-state index in [1.54, 1.807) is 0 Å². The van der Waals surface area contributed by atoms with E-state index in [1.165, 1.54) is 22.3 Å². The van der Waals surface area contributed by atoms with Crippen LogP contribution < -0.4 is 4.90 Å². The van der Waals surface area contributed by atoms with Crippen LogP contribution >= 0.6 is 0 Å². The zero-order valence-electron chi connectivity index (χ0n) is 23.2. The number of nitrogens with zero attached hydrogens (tertiary/aromatic N) is 1. The van der Waals surface area contributed by atoms with Crippen molar-refractivity contribution in [3.05, 3.63) is 82.9 Å². The minimum absolute atomic E-state index is 0.113. The molecule has 0 unspecified atom stereocenters. The second-order valence-corrected chi connectivity index (χ2v) is 11.1. The van der Waals surface area contributed by atoms with Gasteiger partial charge in [-0.25, -0.2) is 0 Å². The van der Waals surface area contributed by atoms with Gasteiger partial charge in [0.15, 0.2) is 0 Å². The molecule has 3 aromatic rings. The Kier molecular flexibility index (Phi) is 4.90. The average molecular weight is 428 g/mol.